The summed E-state index contributed by atoms with van der Waals surface area (Å²) in [5.74, 6) is 1.68. The van der Waals surface area contributed by atoms with E-state index < -0.39 is 0 Å². The zero-order chi connectivity index (χ0) is 9.97. The van der Waals surface area contributed by atoms with Crippen LogP contribution in [0.5, 0.6) is 0 Å². The molecule has 1 atom stereocenters. The van der Waals surface area contributed by atoms with Gasteiger partial charge >= 0.3 is 0 Å². The van der Waals surface area contributed by atoms with Crippen LogP contribution in [-0.2, 0) is 6.42 Å². The monoisotopic (exact) mass is 194 g/mol. The second-order valence-electron chi connectivity index (χ2n) is 2.99. The zero-order valence-electron chi connectivity index (χ0n) is 7.67. The molecule has 14 heavy (non-hydrogen) atoms. The summed E-state index contributed by atoms with van der Waals surface area (Å²) in [5.41, 5.74) is 5.57. The van der Waals surface area contributed by atoms with Gasteiger partial charge in [0.2, 0.25) is 5.89 Å². The first-order chi connectivity index (χ1) is 6.75. The number of nitrogens with two attached hydrogens (primary N) is 1. The minimum Gasteiger partial charge on any atom is -0.361 e. The van der Waals surface area contributed by atoms with Gasteiger partial charge in [-0.25, -0.2) is 0 Å². The average Bonchev–Trinajstić information content (AvgIpc) is 2.75. The largest absolute Gasteiger partial charge is 0.361 e. The molecule has 0 aliphatic carbocycles. The quantitative estimate of drug-likeness (QED) is 0.772. The minimum absolute atomic E-state index is 0.244. The maximum Gasteiger partial charge on any atom is 0.243 e. The predicted octanol–water partition coefficient (Wildman–Crippen LogP) is 0.668. The van der Waals surface area contributed by atoms with E-state index in [0.29, 0.717) is 23.9 Å². The Morgan fingerprint density at radius 3 is 2.93 bits per heavy atom. The summed E-state index contributed by atoms with van der Waals surface area (Å²) in [4.78, 5) is 4.09. The molecule has 2 aromatic heterocycles. The van der Waals surface area contributed by atoms with Gasteiger partial charge in [0.15, 0.2) is 5.82 Å². The Hall–Kier alpha value is -1.69. The van der Waals surface area contributed by atoms with E-state index >= 15 is 0 Å². The van der Waals surface area contributed by atoms with E-state index in [2.05, 4.69) is 15.3 Å². The second kappa shape index (κ2) is 3.59. The molecule has 2 aromatic rings. The molecule has 0 aliphatic rings. The fraction of sp³-hybridized carbons (Fsp3) is 0.375. The van der Waals surface area contributed by atoms with Crippen molar-refractivity contribution in [3.05, 3.63) is 29.7 Å². The second-order valence-corrected chi connectivity index (χ2v) is 2.99. The Balaban J connectivity index is 2.11. The zero-order valence-corrected chi connectivity index (χ0v) is 7.67. The third-order valence-corrected chi connectivity index (χ3v) is 1.70. The van der Waals surface area contributed by atoms with E-state index in [4.69, 9.17) is 14.8 Å². The number of nitrogens with zero attached hydrogens (tertiary/aromatic N) is 3. The lowest BCUT2D eigenvalue weighted by molar-refractivity contribution is 0.354. The van der Waals surface area contributed by atoms with Crippen molar-refractivity contribution < 1.29 is 9.05 Å². The lowest BCUT2D eigenvalue weighted by atomic mass is 10.3. The lowest BCUT2D eigenvalue weighted by Crippen LogP contribution is -2.05. The smallest absolute Gasteiger partial charge is 0.243 e. The fourth-order valence-electron chi connectivity index (χ4n) is 1.01. The summed E-state index contributed by atoms with van der Waals surface area (Å²) >= 11 is 0. The van der Waals surface area contributed by atoms with Crippen LogP contribution in [0.4, 0.5) is 0 Å². The molecule has 0 aliphatic heterocycles. The highest BCUT2D eigenvalue weighted by Crippen LogP contribution is 2.09. The van der Waals surface area contributed by atoms with Crippen LogP contribution in [0.3, 0.4) is 0 Å². The molecule has 0 fully saturated rings. The van der Waals surface area contributed by atoms with Crippen molar-refractivity contribution in [2.24, 2.45) is 5.73 Å². The van der Waals surface area contributed by atoms with Gasteiger partial charge in [-0.05, 0) is 6.92 Å². The highest BCUT2D eigenvalue weighted by molar-refractivity contribution is 5.03. The van der Waals surface area contributed by atoms with Crippen molar-refractivity contribution in [2.45, 2.75) is 19.4 Å². The van der Waals surface area contributed by atoms with Crippen LogP contribution < -0.4 is 5.73 Å². The van der Waals surface area contributed by atoms with Crippen LogP contribution in [0.15, 0.2) is 21.3 Å². The molecule has 0 spiro atoms. The maximum atomic E-state index is 5.57. The van der Waals surface area contributed by atoms with Crippen molar-refractivity contribution in [1.82, 2.24) is 15.3 Å². The first kappa shape index (κ1) is 8.89. The summed E-state index contributed by atoms with van der Waals surface area (Å²) in [7, 11) is 0. The SMILES string of the molecule is C[C@@H](N)c1nc(Cc2ccno2)no1. The molecule has 0 aromatic carbocycles. The van der Waals surface area contributed by atoms with Crippen LogP contribution >= 0.6 is 0 Å². The fourth-order valence-corrected chi connectivity index (χ4v) is 1.01. The van der Waals surface area contributed by atoms with Crippen molar-refractivity contribution in [1.29, 1.82) is 0 Å². The topological polar surface area (TPSA) is 91.0 Å². The van der Waals surface area contributed by atoms with E-state index in [1.165, 1.54) is 0 Å². The van der Waals surface area contributed by atoms with Gasteiger partial charge in [-0.15, -0.1) is 0 Å². The molecule has 0 unspecified atom stereocenters. The molecule has 6 nitrogen and oxygen atoms in total. The Labute approximate surface area is 80.1 Å². The molecular formula is C8H10N4O2. The minimum atomic E-state index is -0.244. The molecule has 2 heterocycles. The first-order valence-electron chi connectivity index (χ1n) is 4.23. The van der Waals surface area contributed by atoms with Crippen LogP contribution in [0.1, 0.15) is 30.4 Å². The lowest BCUT2D eigenvalue weighted by Gasteiger charge is -1.92. The van der Waals surface area contributed by atoms with Gasteiger partial charge in [0, 0.05) is 6.07 Å². The third kappa shape index (κ3) is 1.80. The van der Waals surface area contributed by atoms with Gasteiger partial charge in [-0.3, -0.25) is 0 Å². The van der Waals surface area contributed by atoms with Gasteiger partial charge in [0.05, 0.1) is 18.7 Å². The maximum absolute atomic E-state index is 5.57. The number of hydrogen-bond acceptors (Lipinski definition) is 6. The summed E-state index contributed by atoms with van der Waals surface area (Å²) in [6.45, 7) is 1.78. The van der Waals surface area contributed by atoms with Crippen molar-refractivity contribution in [3.63, 3.8) is 0 Å². The molecule has 2 rings (SSSR count). The van der Waals surface area contributed by atoms with Gasteiger partial charge in [0.25, 0.3) is 0 Å². The normalized spacial score (nSPS) is 13.0. The molecule has 0 radical (unpaired) electrons. The van der Waals surface area contributed by atoms with Gasteiger partial charge in [0.1, 0.15) is 5.76 Å². The van der Waals surface area contributed by atoms with E-state index in [9.17, 15) is 0 Å². The van der Waals surface area contributed by atoms with E-state index in [0.717, 1.165) is 0 Å². The van der Waals surface area contributed by atoms with E-state index in [-0.39, 0.29) is 6.04 Å². The third-order valence-electron chi connectivity index (χ3n) is 1.70. The highest BCUT2D eigenvalue weighted by Gasteiger charge is 2.11. The molecule has 0 amide bonds. The molecular weight excluding hydrogens is 184 g/mol. The number of rotatable bonds is 3. The molecule has 74 valence electrons. The summed E-state index contributed by atoms with van der Waals surface area (Å²) in [6, 6.07) is 1.51. The predicted molar refractivity (Wildman–Crippen MR) is 46.2 cm³/mol. The summed E-state index contributed by atoms with van der Waals surface area (Å²) in [6.07, 6.45) is 2.04. The Kier molecular flexibility index (Phi) is 2.28. The van der Waals surface area contributed by atoms with E-state index in [1.807, 2.05) is 0 Å². The van der Waals surface area contributed by atoms with Crippen LogP contribution in [0, 0.1) is 0 Å². The summed E-state index contributed by atoms with van der Waals surface area (Å²) < 4.78 is 9.83. The molecule has 6 heteroatoms. The standard InChI is InChI=1S/C8H10N4O2/c1-5(9)8-11-7(12-14-8)4-6-2-3-10-13-6/h2-3,5H,4,9H2,1H3/t5-/m1/s1. The van der Waals surface area contributed by atoms with Crippen LogP contribution in [-0.4, -0.2) is 15.3 Å². The Bertz CT molecular complexity index is 393. The Morgan fingerprint density at radius 1 is 1.50 bits per heavy atom. The van der Waals surface area contributed by atoms with Crippen molar-refractivity contribution in [2.75, 3.05) is 0 Å². The molecule has 0 saturated heterocycles. The van der Waals surface area contributed by atoms with Gasteiger partial charge in [-0.2, -0.15) is 4.98 Å². The van der Waals surface area contributed by atoms with Gasteiger partial charge in [-0.1, -0.05) is 10.3 Å². The molecule has 0 saturated carbocycles. The number of hydrogen-bond donors (Lipinski definition) is 1. The highest BCUT2D eigenvalue weighted by atomic mass is 16.5. The van der Waals surface area contributed by atoms with E-state index in [1.54, 1.807) is 19.2 Å². The first-order valence-corrected chi connectivity index (χ1v) is 4.23. The van der Waals surface area contributed by atoms with Crippen LogP contribution in [0.25, 0.3) is 0 Å². The van der Waals surface area contributed by atoms with Crippen molar-refractivity contribution in [3.8, 4) is 0 Å². The number of aromatic nitrogens is 3. The molecule has 2 N–H and O–H groups in total. The van der Waals surface area contributed by atoms with Gasteiger partial charge < -0.3 is 14.8 Å². The molecule has 0 bridgehead atoms. The van der Waals surface area contributed by atoms with Crippen molar-refractivity contribution >= 4 is 0 Å². The average molecular weight is 194 g/mol. The summed E-state index contributed by atoms with van der Waals surface area (Å²) in [5, 5.41) is 7.33. The van der Waals surface area contributed by atoms with Crippen LogP contribution in [0.2, 0.25) is 0 Å². The Morgan fingerprint density at radius 2 is 2.36 bits per heavy atom.